The maximum Gasteiger partial charge on any atom is 0 e. The minimum Gasteiger partial charge on any atom is 0 e. The van der Waals surface area contributed by atoms with Crippen LogP contribution in [0.4, 0.5) is 0 Å². The number of ketones is 1. The largest absolute Gasteiger partial charge is 0 e. The van der Waals surface area contributed by atoms with Crippen LogP contribution >= 0.6 is 0 Å². The second kappa shape index (κ2) is 28.9. The predicted molar refractivity (Wildman–Crippen MR) is 131 cm³/mol. The molecule has 1 aromatic heterocycles. The van der Waals surface area contributed by atoms with Crippen molar-refractivity contribution in [2.45, 2.75) is 89.9 Å². The molecule has 0 saturated carbocycles. The summed E-state index contributed by atoms with van der Waals surface area (Å²) in [6.07, 6.45) is 20.3. The van der Waals surface area contributed by atoms with Gasteiger partial charge in [0.05, 0.1) is 6.42 Å². The molecule has 2 rings (SSSR count). The van der Waals surface area contributed by atoms with Crippen LogP contribution in [0.15, 0.2) is 52.2 Å². The Morgan fingerprint density at radius 1 is 0.737 bits per heavy atom. The van der Waals surface area contributed by atoms with E-state index in [4.69, 9.17) is 23.5 Å². The maximum atomic E-state index is 12.1. The van der Waals surface area contributed by atoms with E-state index in [2.05, 4.69) is 20.0 Å². The van der Waals surface area contributed by atoms with Gasteiger partial charge in [-0.15, -0.1) is 5.76 Å². The first-order chi connectivity index (χ1) is 18.1. The van der Waals surface area contributed by atoms with Gasteiger partial charge in [-0.25, -0.2) is 0 Å². The van der Waals surface area contributed by atoms with E-state index < -0.39 is 5.97 Å². The van der Waals surface area contributed by atoms with Gasteiger partial charge in [0.15, 0.2) is 11.5 Å². The van der Waals surface area contributed by atoms with Gasteiger partial charge in [0.2, 0.25) is 0 Å². The maximum absolute atomic E-state index is 12.1. The number of furan rings is 1. The Kier molecular flexibility index (Phi) is 30.3. The Morgan fingerprint density at radius 2 is 1.18 bits per heavy atom. The summed E-state index contributed by atoms with van der Waals surface area (Å²) >= 11 is 0. The van der Waals surface area contributed by atoms with E-state index in [1.165, 1.54) is 32.1 Å². The number of hydrogen-bond donors (Lipinski definition) is 1. The first kappa shape index (κ1) is 39.8. The van der Waals surface area contributed by atoms with Gasteiger partial charge in [-0.05, 0) is 30.5 Å². The molecule has 1 aliphatic rings. The smallest absolute Gasteiger partial charge is 0 e. The minimum atomic E-state index is -0.870. The van der Waals surface area contributed by atoms with E-state index >= 15 is 0 Å². The second-order valence-electron chi connectivity index (χ2n) is 8.22. The van der Waals surface area contributed by atoms with Crippen LogP contribution in [0, 0.1) is 20.0 Å². The molecule has 1 N–H and O–H groups in total. The van der Waals surface area contributed by atoms with Gasteiger partial charge in [-0.3, -0.25) is 9.59 Å². The van der Waals surface area contributed by atoms with E-state index in [1.807, 2.05) is 24.3 Å². The zero-order valence-electron chi connectivity index (χ0n) is 21.5. The van der Waals surface area contributed by atoms with Gasteiger partial charge in [0.25, 0.3) is 0 Å². The van der Waals surface area contributed by atoms with Crippen LogP contribution in [0.3, 0.4) is 0 Å². The Hall–Kier alpha value is -2.69. The van der Waals surface area contributed by atoms with Crippen LogP contribution in [-0.2, 0) is 45.3 Å². The molecule has 207 valence electrons. The summed E-state index contributed by atoms with van der Waals surface area (Å²) in [6.45, 7) is 13.5. The van der Waals surface area contributed by atoms with Crippen molar-refractivity contribution in [2.24, 2.45) is 0 Å². The zero-order chi connectivity index (χ0) is 28.3. The molecule has 38 heavy (non-hydrogen) atoms. The summed E-state index contributed by atoms with van der Waals surface area (Å²) in [4.78, 5) is 22.7. The number of carbonyl (C=O) groups excluding carboxylic acids is 1. The van der Waals surface area contributed by atoms with Crippen LogP contribution in [0.1, 0.15) is 99.8 Å². The molecule has 1 radical (unpaired) electrons. The molecule has 0 fully saturated rings. The van der Waals surface area contributed by atoms with Crippen molar-refractivity contribution in [3.05, 3.63) is 79.2 Å². The Bertz CT molecular complexity index is 890. The molecule has 0 bridgehead atoms. The van der Waals surface area contributed by atoms with Crippen molar-refractivity contribution in [1.29, 1.82) is 0 Å². The molecular weight excluding hydrogens is 574 g/mol. The molecule has 0 unspecified atom stereocenters. The van der Waals surface area contributed by atoms with Crippen molar-refractivity contribution in [2.75, 3.05) is 0 Å². The van der Waals surface area contributed by atoms with Crippen molar-refractivity contribution >= 4 is 11.8 Å². The molecule has 9 heteroatoms. The third-order valence-electron chi connectivity index (χ3n) is 5.56. The number of Topliss-reactive ketones (excluding diaryl/α,β-unsaturated/α-hetero) is 1. The van der Waals surface area contributed by atoms with Crippen LogP contribution in [0.5, 0.6) is 0 Å². The average Bonchev–Trinajstić information content (AvgIpc) is 3.64. The number of carboxylic acid groups (broad SMARTS) is 1. The number of unbranched alkanes of at least 4 members (excludes halogenated alkanes) is 9. The number of hydrogen-bond acceptors (Lipinski definition) is 4. The summed E-state index contributed by atoms with van der Waals surface area (Å²) < 4.78 is 27.9. The number of carboxylic acids is 1. The van der Waals surface area contributed by atoms with Crippen LogP contribution in [0.25, 0.3) is 0 Å². The van der Waals surface area contributed by atoms with Crippen LogP contribution in [0.2, 0.25) is 0 Å². The van der Waals surface area contributed by atoms with E-state index in [0.29, 0.717) is 30.8 Å². The topological polar surface area (TPSA) is 150 Å². The van der Waals surface area contributed by atoms with Gasteiger partial charge in [0, 0.05) is 32.9 Å². The van der Waals surface area contributed by atoms with Crippen molar-refractivity contribution in [3.8, 4) is 0 Å². The molecule has 0 aromatic carbocycles. The van der Waals surface area contributed by atoms with E-state index in [9.17, 15) is 14.7 Å². The Labute approximate surface area is 238 Å². The molecule has 1 heterocycles. The fourth-order valence-corrected chi connectivity index (χ4v) is 3.71. The third-order valence-corrected chi connectivity index (χ3v) is 5.56. The molecule has 0 aliphatic heterocycles. The monoisotopic (exact) mass is 608 g/mol. The predicted octanol–water partition coefficient (Wildman–Crippen LogP) is 5.79. The molecule has 1 aromatic rings. The molecule has 0 atom stereocenters. The Morgan fingerprint density at radius 3 is 1.66 bits per heavy atom. The number of carbonyl (C=O) groups is 2. The summed E-state index contributed by atoms with van der Waals surface area (Å²) in [7, 11) is 0. The summed E-state index contributed by atoms with van der Waals surface area (Å²) in [5, 5.41) is 20.6. The molecule has 1 aliphatic carbocycles. The number of allylic oxidation sites excluding steroid dienone is 6. The van der Waals surface area contributed by atoms with E-state index in [-0.39, 0.29) is 38.1 Å². The van der Waals surface area contributed by atoms with Gasteiger partial charge in [0.1, 0.15) is 5.76 Å². The Balaban J connectivity index is -0.00000163. The van der Waals surface area contributed by atoms with Crippen molar-refractivity contribution in [3.63, 3.8) is 0 Å². The van der Waals surface area contributed by atoms with Gasteiger partial charge in [-0.2, -0.15) is 0 Å². The van der Waals surface area contributed by atoms with Crippen molar-refractivity contribution in [1.82, 2.24) is 0 Å². The van der Waals surface area contributed by atoms with Gasteiger partial charge in [-0.1, -0.05) is 82.1 Å². The SMILES string of the molecule is O=C(O)CCc1ccc(C(=O)CCCCCCCCCCCCC([O-])=C2C=CC=C2)o1.[C-]#[O+].[C-]#[O+].[C-]#[O+].[Tc]. The average molecular weight is 610 g/mol. The van der Waals surface area contributed by atoms with Gasteiger partial charge >= 0.3 is 39.9 Å². The normalized spacial score (nSPS) is 10.4. The summed E-state index contributed by atoms with van der Waals surface area (Å²) in [6, 6.07) is 3.34. The van der Waals surface area contributed by atoms with E-state index in [1.54, 1.807) is 12.1 Å². The summed E-state index contributed by atoms with van der Waals surface area (Å²) in [5.41, 5.74) is 0.839. The quantitative estimate of drug-likeness (QED) is 0.0780. The van der Waals surface area contributed by atoms with E-state index in [0.717, 1.165) is 37.7 Å². The molecule has 0 amide bonds. The summed E-state index contributed by atoms with van der Waals surface area (Å²) in [5.74, 6) is 0.286. The molecule has 0 spiro atoms. The number of aliphatic carboxylic acids is 1. The number of aryl methyl sites for hydroxylation is 1. The standard InChI is InChI=1S/C26H36O5.3CO.Tc/c27-23(21-13-11-12-14-21)15-9-7-5-3-1-2-4-6-8-10-16-24(28)25-19-17-22(31-25)18-20-26(29)30;3*1-2;/h11-14,17,19,27H,1-10,15-16,18,20H2,(H,29,30);;;;/p-1. The molecule has 0 saturated heterocycles. The molecule has 8 nitrogen and oxygen atoms in total. The number of rotatable bonds is 17. The van der Waals surface area contributed by atoms with Crippen molar-refractivity contribution < 1.29 is 58.3 Å². The minimum absolute atomic E-state index is 0. The van der Waals surface area contributed by atoms with Crippen LogP contribution < -0.4 is 5.11 Å². The second-order valence-corrected chi connectivity index (χ2v) is 8.22. The fourth-order valence-electron chi connectivity index (χ4n) is 3.71. The fraction of sp³-hybridized carbons (Fsp3) is 0.483. The molecular formula is C29H35O8Tc-. The van der Waals surface area contributed by atoms with Crippen LogP contribution in [-0.4, -0.2) is 16.9 Å². The first-order valence-electron chi connectivity index (χ1n) is 12.3. The zero-order valence-corrected chi connectivity index (χ0v) is 23.4. The first-order valence-corrected chi connectivity index (χ1v) is 12.3. The van der Waals surface area contributed by atoms with Gasteiger partial charge < -0.3 is 14.6 Å². The third kappa shape index (κ3) is 20.4.